The third-order valence-electron chi connectivity index (χ3n) is 3.73. The normalized spacial score (nSPS) is 11.1. The van der Waals surface area contributed by atoms with Crippen LogP contribution in [0.5, 0.6) is 0 Å². The first kappa shape index (κ1) is 13.9. The van der Waals surface area contributed by atoms with Crippen LogP contribution in [-0.4, -0.2) is 20.9 Å². The molecule has 4 rings (SSSR count). The van der Waals surface area contributed by atoms with E-state index in [-0.39, 0.29) is 5.91 Å². The summed E-state index contributed by atoms with van der Waals surface area (Å²) in [5.74, 6) is -0.0410. The quantitative estimate of drug-likeness (QED) is 0.601. The molecule has 3 aromatic heterocycles. The third kappa shape index (κ3) is 2.80. The van der Waals surface area contributed by atoms with Crippen molar-refractivity contribution in [2.24, 2.45) is 0 Å². The van der Waals surface area contributed by atoms with Crippen molar-refractivity contribution in [2.45, 2.75) is 12.8 Å². The van der Waals surface area contributed by atoms with Gasteiger partial charge in [0, 0.05) is 40.0 Å². The molecule has 0 radical (unpaired) electrons. The van der Waals surface area contributed by atoms with Gasteiger partial charge < -0.3 is 10.3 Å². The maximum atomic E-state index is 11.9. The highest BCUT2D eigenvalue weighted by Crippen LogP contribution is 2.25. The summed E-state index contributed by atoms with van der Waals surface area (Å²) in [6, 6.07) is 10.2. The van der Waals surface area contributed by atoms with Gasteiger partial charge in [-0.15, -0.1) is 11.3 Å². The number of benzene rings is 1. The molecule has 2 N–H and O–H groups in total. The zero-order valence-electron chi connectivity index (χ0n) is 12.2. The third-order valence-corrected chi connectivity index (χ3v) is 4.42. The number of amides is 1. The Morgan fingerprint density at radius 1 is 1.17 bits per heavy atom. The minimum absolute atomic E-state index is 0.0410. The van der Waals surface area contributed by atoms with Gasteiger partial charge in [0.2, 0.25) is 5.91 Å². The molecule has 23 heavy (non-hydrogen) atoms. The highest BCUT2D eigenvalue weighted by Gasteiger charge is 2.08. The minimum atomic E-state index is -0.0410. The molecule has 1 aromatic carbocycles. The lowest BCUT2D eigenvalue weighted by molar-refractivity contribution is -0.116. The molecule has 0 aliphatic rings. The molecule has 5 nitrogen and oxygen atoms in total. The van der Waals surface area contributed by atoms with Gasteiger partial charge >= 0.3 is 0 Å². The SMILES string of the molecule is O=C(CCc1cc2c(cn1)[nH]c1ccccc12)Nc1nccs1. The number of aromatic nitrogens is 3. The van der Waals surface area contributed by atoms with Crippen molar-refractivity contribution in [3.05, 3.63) is 53.8 Å². The van der Waals surface area contributed by atoms with E-state index in [2.05, 4.69) is 38.5 Å². The second kappa shape index (κ2) is 5.81. The van der Waals surface area contributed by atoms with Gasteiger partial charge in [-0.1, -0.05) is 18.2 Å². The van der Waals surface area contributed by atoms with Crippen LogP contribution in [-0.2, 0) is 11.2 Å². The number of para-hydroxylation sites is 1. The summed E-state index contributed by atoms with van der Waals surface area (Å²) < 4.78 is 0. The Morgan fingerprint density at radius 2 is 2.09 bits per heavy atom. The number of aromatic amines is 1. The summed E-state index contributed by atoms with van der Waals surface area (Å²) in [5, 5.41) is 7.58. The molecule has 0 spiro atoms. The number of anilines is 1. The molecule has 0 unspecified atom stereocenters. The van der Waals surface area contributed by atoms with Gasteiger partial charge in [-0.05, 0) is 18.6 Å². The van der Waals surface area contributed by atoms with E-state index in [1.165, 1.54) is 16.7 Å². The lowest BCUT2D eigenvalue weighted by atomic mass is 10.1. The molecular weight excluding hydrogens is 308 g/mol. The smallest absolute Gasteiger partial charge is 0.226 e. The van der Waals surface area contributed by atoms with Gasteiger partial charge in [0.1, 0.15) is 0 Å². The van der Waals surface area contributed by atoms with Gasteiger partial charge in [0.15, 0.2) is 5.13 Å². The number of rotatable bonds is 4. The average molecular weight is 322 g/mol. The lowest BCUT2D eigenvalue weighted by Gasteiger charge is -2.02. The molecule has 0 fully saturated rings. The van der Waals surface area contributed by atoms with E-state index in [1.807, 2.05) is 23.7 Å². The second-order valence-electron chi connectivity index (χ2n) is 5.28. The number of nitrogens with zero attached hydrogens (tertiary/aromatic N) is 2. The Labute approximate surface area is 136 Å². The zero-order chi connectivity index (χ0) is 15.6. The number of fused-ring (bicyclic) bond motifs is 3. The van der Waals surface area contributed by atoms with Crippen LogP contribution in [0.1, 0.15) is 12.1 Å². The number of pyridine rings is 1. The van der Waals surface area contributed by atoms with E-state index in [1.54, 1.807) is 6.20 Å². The number of carbonyl (C=O) groups excluding carboxylic acids is 1. The molecule has 0 aliphatic heterocycles. The molecular formula is C17H14N4OS. The van der Waals surface area contributed by atoms with Crippen LogP contribution in [0.3, 0.4) is 0 Å². The molecule has 3 heterocycles. The predicted molar refractivity (Wildman–Crippen MR) is 92.7 cm³/mol. The summed E-state index contributed by atoms with van der Waals surface area (Å²) in [6.45, 7) is 0. The molecule has 4 aromatic rings. The molecule has 0 atom stereocenters. The van der Waals surface area contributed by atoms with Gasteiger partial charge in [-0.3, -0.25) is 9.78 Å². The zero-order valence-corrected chi connectivity index (χ0v) is 13.1. The van der Waals surface area contributed by atoms with Crippen molar-refractivity contribution in [3.8, 4) is 0 Å². The standard InChI is InChI=1S/C17H14N4OS/c22-16(21-17-18-7-8-23-17)6-5-11-9-13-12-3-1-2-4-14(12)20-15(13)10-19-11/h1-4,7-10,20H,5-6H2,(H,18,21,22). The van der Waals surface area contributed by atoms with Crippen molar-refractivity contribution in [2.75, 3.05) is 5.32 Å². The predicted octanol–water partition coefficient (Wildman–Crippen LogP) is 3.74. The van der Waals surface area contributed by atoms with Crippen LogP contribution in [0.4, 0.5) is 5.13 Å². The van der Waals surface area contributed by atoms with Crippen molar-refractivity contribution >= 4 is 44.2 Å². The summed E-state index contributed by atoms with van der Waals surface area (Å²) in [6.07, 6.45) is 4.50. The molecule has 6 heteroatoms. The minimum Gasteiger partial charge on any atom is -0.353 e. The van der Waals surface area contributed by atoms with Crippen LogP contribution < -0.4 is 5.32 Å². The van der Waals surface area contributed by atoms with E-state index in [0.29, 0.717) is 18.0 Å². The Balaban J connectivity index is 1.52. The van der Waals surface area contributed by atoms with Crippen molar-refractivity contribution < 1.29 is 4.79 Å². The van der Waals surface area contributed by atoms with E-state index >= 15 is 0 Å². The Bertz CT molecular complexity index is 975. The van der Waals surface area contributed by atoms with Crippen LogP contribution in [0.25, 0.3) is 21.8 Å². The van der Waals surface area contributed by atoms with Crippen LogP contribution >= 0.6 is 11.3 Å². The molecule has 114 valence electrons. The second-order valence-corrected chi connectivity index (χ2v) is 6.17. The monoisotopic (exact) mass is 322 g/mol. The maximum absolute atomic E-state index is 11.9. The van der Waals surface area contributed by atoms with Crippen LogP contribution in [0, 0.1) is 0 Å². The first-order valence-corrected chi connectivity index (χ1v) is 8.22. The fourth-order valence-corrected chi connectivity index (χ4v) is 3.18. The number of nitrogens with one attached hydrogen (secondary N) is 2. The van der Waals surface area contributed by atoms with Gasteiger partial charge in [0.05, 0.1) is 11.7 Å². The Hall–Kier alpha value is -2.73. The molecule has 0 aliphatic carbocycles. The topological polar surface area (TPSA) is 70.7 Å². The number of hydrogen-bond donors (Lipinski definition) is 2. The highest BCUT2D eigenvalue weighted by molar-refractivity contribution is 7.13. The fraction of sp³-hybridized carbons (Fsp3) is 0.118. The summed E-state index contributed by atoms with van der Waals surface area (Å²) in [7, 11) is 0. The Kier molecular flexibility index (Phi) is 3.51. The highest BCUT2D eigenvalue weighted by atomic mass is 32.1. The van der Waals surface area contributed by atoms with Gasteiger partial charge in [-0.2, -0.15) is 0 Å². The lowest BCUT2D eigenvalue weighted by Crippen LogP contribution is -2.12. The molecule has 1 amide bonds. The molecule has 0 bridgehead atoms. The number of thiazole rings is 1. The van der Waals surface area contributed by atoms with E-state index in [0.717, 1.165) is 22.1 Å². The average Bonchev–Trinajstić information content (AvgIpc) is 3.20. The van der Waals surface area contributed by atoms with Crippen molar-refractivity contribution in [3.63, 3.8) is 0 Å². The number of hydrogen-bond acceptors (Lipinski definition) is 4. The maximum Gasteiger partial charge on any atom is 0.226 e. The van der Waals surface area contributed by atoms with E-state index in [4.69, 9.17) is 0 Å². The largest absolute Gasteiger partial charge is 0.353 e. The molecule has 0 saturated carbocycles. The van der Waals surface area contributed by atoms with Gasteiger partial charge in [0.25, 0.3) is 0 Å². The number of carbonyl (C=O) groups is 1. The fourth-order valence-electron chi connectivity index (χ4n) is 2.64. The summed E-state index contributed by atoms with van der Waals surface area (Å²) in [4.78, 5) is 23.8. The van der Waals surface area contributed by atoms with Crippen molar-refractivity contribution in [1.82, 2.24) is 15.0 Å². The number of H-pyrrole nitrogens is 1. The van der Waals surface area contributed by atoms with Gasteiger partial charge in [-0.25, -0.2) is 4.98 Å². The van der Waals surface area contributed by atoms with E-state index < -0.39 is 0 Å². The number of aryl methyl sites for hydroxylation is 1. The van der Waals surface area contributed by atoms with Crippen LogP contribution in [0.15, 0.2) is 48.1 Å². The first-order valence-electron chi connectivity index (χ1n) is 7.34. The Morgan fingerprint density at radius 3 is 2.96 bits per heavy atom. The summed E-state index contributed by atoms with van der Waals surface area (Å²) >= 11 is 1.41. The van der Waals surface area contributed by atoms with Crippen molar-refractivity contribution in [1.29, 1.82) is 0 Å². The van der Waals surface area contributed by atoms with E-state index in [9.17, 15) is 4.79 Å². The van der Waals surface area contributed by atoms with Crippen LogP contribution in [0.2, 0.25) is 0 Å². The molecule has 0 saturated heterocycles. The summed E-state index contributed by atoms with van der Waals surface area (Å²) in [5.41, 5.74) is 3.03. The first-order chi connectivity index (χ1) is 11.3.